The van der Waals surface area contributed by atoms with E-state index >= 15 is 0 Å². The molecule has 0 radical (unpaired) electrons. The first-order valence-corrected chi connectivity index (χ1v) is 10.7. The fourth-order valence-corrected chi connectivity index (χ4v) is 5.09. The van der Waals surface area contributed by atoms with Gasteiger partial charge in [-0.3, -0.25) is 9.20 Å². The molecule has 0 aliphatic carbocycles. The third-order valence-corrected chi connectivity index (χ3v) is 6.54. The maximum Gasteiger partial charge on any atom is 0.275 e. The van der Waals surface area contributed by atoms with Crippen LogP contribution in [0.1, 0.15) is 33.9 Å². The predicted molar refractivity (Wildman–Crippen MR) is 95.8 cm³/mol. The van der Waals surface area contributed by atoms with E-state index in [9.17, 15) is 13.2 Å². The van der Waals surface area contributed by atoms with Crippen molar-refractivity contribution in [1.29, 1.82) is 0 Å². The second-order valence-corrected chi connectivity index (χ2v) is 9.10. The summed E-state index contributed by atoms with van der Waals surface area (Å²) in [6, 6.07) is 7.22. The Labute approximate surface area is 149 Å². The zero-order valence-electron chi connectivity index (χ0n) is 13.8. The van der Waals surface area contributed by atoms with Crippen molar-refractivity contribution < 1.29 is 13.2 Å². The largest absolute Gasteiger partial charge is 0.330 e. The average Bonchev–Trinajstić information content (AvgIpc) is 3.19. The first-order chi connectivity index (χ1) is 11.9. The number of hydrogen-bond donors (Lipinski definition) is 0. The smallest absolute Gasteiger partial charge is 0.275 e. The van der Waals surface area contributed by atoms with Crippen LogP contribution in [-0.2, 0) is 16.3 Å². The van der Waals surface area contributed by atoms with Gasteiger partial charge in [0.2, 0.25) is 15.0 Å². The van der Waals surface area contributed by atoms with Crippen molar-refractivity contribution in [3.63, 3.8) is 0 Å². The van der Waals surface area contributed by atoms with Crippen LogP contribution in [0.25, 0.3) is 5.52 Å². The molecule has 1 aliphatic heterocycles. The number of aromatic nitrogens is 2. The van der Waals surface area contributed by atoms with E-state index in [0.717, 1.165) is 18.2 Å². The highest BCUT2D eigenvalue weighted by atomic mass is 32.2. The molecule has 130 valence electrons. The summed E-state index contributed by atoms with van der Waals surface area (Å²) in [5.41, 5.74) is 1.86. The molecule has 4 heterocycles. The van der Waals surface area contributed by atoms with Gasteiger partial charge in [-0.1, -0.05) is 6.07 Å². The highest BCUT2D eigenvalue weighted by molar-refractivity contribution is 7.90. The highest BCUT2D eigenvalue weighted by Crippen LogP contribution is 2.34. The Kier molecular flexibility index (Phi) is 3.69. The van der Waals surface area contributed by atoms with E-state index in [4.69, 9.17) is 0 Å². The molecule has 0 N–H and O–H groups in total. The Bertz CT molecular complexity index is 1080. The topological polar surface area (TPSA) is 71.8 Å². The second-order valence-electron chi connectivity index (χ2n) is 6.19. The maximum atomic E-state index is 13.2. The molecule has 4 rings (SSSR count). The standard InChI is InChI=1S/C17H17N3O3S2/c1-11-12-7-10-24-14(12)6-9-19(11)16(21)15-13-5-3-4-8-20(13)17(18-15)25(2,22)23/h3-5,7-8,10-11H,6,9H2,1-2H3. The summed E-state index contributed by atoms with van der Waals surface area (Å²) in [5.74, 6) is -0.233. The molecule has 0 bridgehead atoms. The van der Waals surface area contributed by atoms with E-state index in [-0.39, 0.29) is 22.8 Å². The number of sulfone groups is 1. The van der Waals surface area contributed by atoms with Gasteiger partial charge in [0.15, 0.2) is 5.69 Å². The molecule has 25 heavy (non-hydrogen) atoms. The molecule has 1 atom stereocenters. The molecule has 0 aromatic carbocycles. The van der Waals surface area contributed by atoms with Crippen LogP contribution in [0, 0.1) is 0 Å². The van der Waals surface area contributed by atoms with Crippen LogP contribution in [0.4, 0.5) is 0 Å². The normalized spacial score (nSPS) is 17.7. The van der Waals surface area contributed by atoms with Crippen molar-refractivity contribution in [1.82, 2.24) is 14.3 Å². The first-order valence-electron chi connectivity index (χ1n) is 7.92. The minimum absolute atomic E-state index is 0.0513. The SMILES string of the molecule is CC1c2ccsc2CCN1C(=O)c1nc(S(C)(=O)=O)n2ccccc12. The second kappa shape index (κ2) is 5.67. The number of pyridine rings is 1. The van der Waals surface area contributed by atoms with E-state index in [2.05, 4.69) is 11.1 Å². The minimum Gasteiger partial charge on any atom is -0.330 e. The van der Waals surface area contributed by atoms with Crippen molar-refractivity contribution in [3.8, 4) is 0 Å². The van der Waals surface area contributed by atoms with Crippen LogP contribution in [0.2, 0.25) is 0 Å². The Morgan fingerprint density at radius 1 is 1.32 bits per heavy atom. The Morgan fingerprint density at radius 2 is 2.12 bits per heavy atom. The molecule has 8 heteroatoms. The number of fused-ring (bicyclic) bond motifs is 2. The van der Waals surface area contributed by atoms with Gasteiger partial charge < -0.3 is 4.90 Å². The van der Waals surface area contributed by atoms with Crippen LogP contribution in [0.3, 0.4) is 0 Å². The Balaban J connectivity index is 1.82. The van der Waals surface area contributed by atoms with Crippen LogP contribution in [-0.4, -0.2) is 41.4 Å². The number of hydrogen-bond acceptors (Lipinski definition) is 5. The van der Waals surface area contributed by atoms with Gasteiger partial charge in [-0.05, 0) is 42.5 Å². The molecular formula is C17H17N3O3S2. The van der Waals surface area contributed by atoms with E-state index in [1.807, 2.05) is 12.3 Å². The lowest BCUT2D eigenvalue weighted by Gasteiger charge is -2.33. The van der Waals surface area contributed by atoms with Gasteiger partial charge >= 0.3 is 0 Å². The van der Waals surface area contributed by atoms with E-state index in [0.29, 0.717) is 12.1 Å². The molecule has 6 nitrogen and oxygen atoms in total. The summed E-state index contributed by atoms with van der Waals surface area (Å²) in [6.07, 6.45) is 3.53. The maximum absolute atomic E-state index is 13.2. The zero-order chi connectivity index (χ0) is 17.8. The average molecular weight is 375 g/mol. The molecule has 0 spiro atoms. The quantitative estimate of drug-likeness (QED) is 0.690. The number of nitrogens with zero attached hydrogens (tertiary/aromatic N) is 3. The van der Waals surface area contributed by atoms with E-state index in [1.54, 1.807) is 40.6 Å². The number of carbonyl (C=O) groups is 1. The van der Waals surface area contributed by atoms with Crippen molar-refractivity contribution in [2.24, 2.45) is 0 Å². The van der Waals surface area contributed by atoms with Crippen molar-refractivity contribution >= 4 is 32.6 Å². The van der Waals surface area contributed by atoms with Gasteiger partial charge in [-0.15, -0.1) is 11.3 Å². The Hall–Kier alpha value is -2.19. The monoisotopic (exact) mass is 375 g/mol. The fourth-order valence-electron chi connectivity index (χ4n) is 3.35. The fraction of sp³-hybridized carbons (Fsp3) is 0.294. The summed E-state index contributed by atoms with van der Waals surface area (Å²) in [5, 5.41) is 1.94. The summed E-state index contributed by atoms with van der Waals surface area (Å²) < 4.78 is 25.6. The molecule has 1 unspecified atom stereocenters. The number of rotatable bonds is 2. The number of carbonyl (C=O) groups excluding carboxylic acids is 1. The highest BCUT2D eigenvalue weighted by Gasteiger charge is 2.32. The van der Waals surface area contributed by atoms with Gasteiger partial charge in [0, 0.05) is 23.9 Å². The number of amides is 1. The lowest BCUT2D eigenvalue weighted by atomic mass is 10.0. The summed E-state index contributed by atoms with van der Waals surface area (Å²) in [6.45, 7) is 2.60. The summed E-state index contributed by atoms with van der Waals surface area (Å²) >= 11 is 1.71. The van der Waals surface area contributed by atoms with Gasteiger partial charge in [0.1, 0.15) is 0 Å². The Morgan fingerprint density at radius 3 is 2.88 bits per heavy atom. The summed E-state index contributed by atoms with van der Waals surface area (Å²) in [4.78, 5) is 20.4. The lowest BCUT2D eigenvalue weighted by molar-refractivity contribution is 0.0675. The molecule has 0 saturated carbocycles. The van der Waals surface area contributed by atoms with E-state index < -0.39 is 9.84 Å². The first kappa shape index (κ1) is 16.3. The van der Waals surface area contributed by atoms with Gasteiger partial charge in [0.05, 0.1) is 11.6 Å². The lowest BCUT2D eigenvalue weighted by Crippen LogP contribution is -2.38. The third kappa shape index (κ3) is 2.56. The van der Waals surface area contributed by atoms with Crippen LogP contribution >= 0.6 is 11.3 Å². The molecule has 1 amide bonds. The molecule has 0 saturated heterocycles. The zero-order valence-corrected chi connectivity index (χ0v) is 15.5. The van der Waals surface area contributed by atoms with Crippen LogP contribution < -0.4 is 0 Å². The predicted octanol–water partition coefficient (Wildman–Crippen LogP) is 2.56. The number of imidazole rings is 1. The van der Waals surface area contributed by atoms with Crippen LogP contribution in [0.5, 0.6) is 0 Å². The number of thiophene rings is 1. The van der Waals surface area contributed by atoms with Crippen molar-refractivity contribution in [2.45, 2.75) is 24.5 Å². The van der Waals surface area contributed by atoms with Crippen molar-refractivity contribution in [2.75, 3.05) is 12.8 Å². The molecular weight excluding hydrogens is 358 g/mol. The van der Waals surface area contributed by atoms with Crippen molar-refractivity contribution in [3.05, 3.63) is 52.0 Å². The van der Waals surface area contributed by atoms with Gasteiger partial charge in [0.25, 0.3) is 5.91 Å². The van der Waals surface area contributed by atoms with Gasteiger partial charge in [-0.2, -0.15) is 0 Å². The molecule has 3 aromatic heterocycles. The molecule has 0 fully saturated rings. The minimum atomic E-state index is -3.54. The van der Waals surface area contributed by atoms with Crippen LogP contribution in [0.15, 0.2) is 41.0 Å². The molecule has 3 aromatic rings. The summed E-state index contributed by atoms with van der Waals surface area (Å²) in [7, 11) is -3.54. The third-order valence-electron chi connectivity index (χ3n) is 4.59. The van der Waals surface area contributed by atoms with E-state index in [1.165, 1.54) is 9.28 Å². The molecule has 1 aliphatic rings. The van der Waals surface area contributed by atoms with Gasteiger partial charge in [-0.25, -0.2) is 13.4 Å².